The van der Waals surface area contributed by atoms with Gasteiger partial charge in [-0.2, -0.15) is 18.3 Å². The van der Waals surface area contributed by atoms with Gasteiger partial charge in [0.15, 0.2) is 5.96 Å². The Morgan fingerprint density at radius 3 is 2.50 bits per heavy atom. The van der Waals surface area contributed by atoms with Crippen LogP contribution in [0.5, 0.6) is 0 Å². The summed E-state index contributed by atoms with van der Waals surface area (Å²) in [5.41, 5.74) is 1.04. The largest absolute Gasteiger partial charge is 0.416 e. The summed E-state index contributed by atoms with van der Waals surface area (Å²) in [7, 11) is 3.59. The fourth-order valence-corrected chi connectivity index (χ4v) is 3.13. The van der Waals surface area contributed by atoms with Crippen molar-refractivity contribution in [2.45, 2.75) is 12.7 Å². The van der Waals surface area contributed by atoms with Gasteiger partial charge in [-0.05, 0) is 18.2 Å². The SMILES string of the molecule is CN=C(NCc1cnn(C)c1)N1CCN(c2cccc(C(F)(F)F)c2)CC1.I. The molecule has 1 saturated heterocycles. The third-order valence-corrected chi connectivity index (χ3v) is 4.54. The molecule has 28 heavy (non-hydrogen) atoms. The maximum Gasteiger partial charge on any atom is 0.416 e. The molecular weight excluding hydrogens is 484 g/mol. The summed E-state index contributed by atoms with van der Waals surface area (Å²) in [5, 5.41) is 7.44. The summed E-state index contributed by atoms with van der Waals surface area (Å²) in [6, 6.07) is 5.49. The van der Waals surface area contributed by atoms with Gasteiger partial charge < -0.3 is 15.1 Å². The zero-order chi connectivity index (χ0) is 19.4. The highest BCUT2D eigenvalue weighted by atomic mass is 127. The van der Waals surface area contributed by atoms with Crippen molar-refractivity contribution in [1.29, 1.82) is 0 Å². The van der Waals surface area contributed by atoms with Gasteiger partial charge in [-0.3, -0.25) is 9.67 Å². The Morgan fingerprint density at radius 2 is 1.93 bits per heavy atom. The molecule has 1 fully saturated rings. The van der Waals surface area contributed by atoms with Crippen LogP contribution in [0.2, 0.25) is 0 Å². The molecule has 1 aliphatic rings. The number of nitrogens with zero attached hydrogens (tertiary/aromatic N) is 5. The van der Waals surface area contributed by atoms with Gasteiger partial charge in [-0.1, -0.05) is 6.07 Å². The van der Waals surface area contributed by atoms with Crippen LogP contribution in [0.25, 0.3) is 0 Å². The van der Waals surface area contributed by atoms with E-state index in [4.69, 9.17) is 0 Å². The van der Waals surface area contributed by atoms with E-state index in [0.717, 1.165) is 17.6 Å². The number of aromatic nitrogens is 2. The third kappa shape index (κ3) is 5.52. The van der Waals surface area contributed by atoms with E-state index in [1.165, 1.54) is 12.1 Å². The number of alkyl halides is 3. The van der Waals surface area contributed by atoms with Crippen molar-refractivity contribution >= 4 is 35.6 Å². The Bertz CT molecular complexity index is 797. The molecule has 0 bridgehead atoms. The smallest absolute Gasteiger partial charge is 0.368 e. The topological polar surface area (TPSA) is 48.7 Å². The molecular formula is C18H24F3IN6. The number of aryl methyl sites for hydroxylation is 1. The second-order valence-corrected chi connectivity index (χ2v) is 6.45. The van der Waals surface area contributed by atoms with Gasteiger partial charge in [0.2, 0.25) is 0 Å². The number of nitrogens with one attached hydrogen (secondary N) is 1. The quantitative estimate of drug-likeness (QED) is 0.394. The lowest BCUT2D eigenvalue weighted by atomic mass is 10.1. The zero-order valence-corrected chi connectivity index (χ0v) is 18.1. The number of hydrogen-bond donors (Lipinski definition) is 1. The Labute approximate surface area is 179 Å². The molecule has 1 aromatic carbocycles. The molecule has 2 heterocycles. The number of anilines is 1. The van der Waals surface area contributed by atoms with Gasteiger partial charge in [-0.15, -0.1) is 24.0 Å². The van der Waals surface area contributed by atoms with Crippen molar-refractivity contribution in [3.63, 3.8) is 0 Å². The van der Waals surface area contributed by atoms with Crippen LogP contribution < -0.4 is 10.2 Å². The van der Waals surface area contributed by atoms with Crippen LogP contribution in [0.15, 0.2) is 41.7 Å². The lowest BCUT2D eigenvalue weighted by Crippen LogP contribution is -2.52. The standard InChI is InChI=1S/C18H23F3N6.HI/c1-22-17(23-11-14-12-24-25(2)13-14)27-8-6-26(7-9-27)16-5-3-4-15(10-16)18(19,20)21;/h3-5,10,12-13H,6-9,11H2,1-2H3,(H,22,23);1H. The zero-order valence-electron chi connectivity index (χ0n) is 15.8. The summed E-state index contributed by atoms with van der Waals surface area (Å²) in [6.07, 6.45) is -0.589. The van der Waals surface area contributed by atoms with Crippen molar-refractivity contribution in [3.8, 4) is 0 Å². The Morgan fingerprint density at radius 1 is 1.21 bits per heavy atom. The molecule has 1 aliphatic heterocycles. The summed E-state index contributed by atoms with van der Waals surface area (Å²) < 4.78 is 40.5. The molecule has 0 spiro atoms. The highest BCUT2D eigenvalue weighted by Gasteiger charge is 2.31. The predicted molar refractivity (Wildman–Crippen MR) is 114 cm³/mol. The number of aliphatic imine (C=N–C) groups is 1. The van der Waals surface area contributed by atoms with Gasteiger partial charge in [0.25, 0.3) is 0 Å². The minimum Gasteiger partial charge on any atom is -0.368 e. The molecule has 3 rings (SSSR count). The van der Waals surface area contributed by atoms with Crippen molar-refractivity contribution < 1.29 is 13.2 Å². The summed E-state index contributed by atoms with van der Waals surface area (Å²) in [5.74, 6) is 0.780. The molecule has 0 atom stereocenters. The first-order valence-corrected chi connectivity index (χ1v) is 8.72. The lowest BCUT2D eigenvalue weighted by molar-refractivity contribution is -0.137. The van der Waals surface area contributed by atoms with E-state index in [1.54, 1.807) is 24.0 Å². The number of piperazine rings is 1. The van der Waals surface area contributed by atoms with E-state index >= 15 is 0 Å². The van der Waals surface area contributed by atoms with Gasteiger partial charge in [0, 0.05) is 64.3 Å². The maximum absolute atomic E-state index is 12.9. The van der Waals surface area contributed by atoms with E-state index in [-0.39, 0.29) is 24.0 Å². The molecule has 2 aromatic rings. The molecule has 6 nitrogen and oxygen atoms in total. The van der Waals surface area contributed by atoms with E-state index in [0.29, 0.717) is 38.4 Å². The average Bonchev–Trinajstić information content (AvgIpc) is 3.07. The number of guanidine groups is 1. The Kier molecular flexibility index (Phi) is 7.55. The minimum atomic E-state index is -4.32. The number of hydrogen-bond acceptors (Lipinski definition) is 3. The van der Waals surface area contributed by atoms with Gasteiger partial charge in [0.05, 0.1) is 11.8 Å². The summed E-state index contributed by atoms with van der Waals surface area (Å²) >= 11 is 0. The second kappa shape index (κ2) is 9.48. The normalized spacial score (nSPS) is 15.4. The van der Waals surface area contributed by atoms with Crippen LogP contribution in [0.4, 0.5) is 18.9 Å². The first-order valence-electron chi connectivity index (χ1n) is 8.72. The van der Waals surface area contributed by atoms with Crippen LogP contribution >= 0.6 is 24.0 Å². The van der Waals surface area contributed by atoms with Crippen molar-refractivity contribution in [2.75, 3.05) is 38.1 Å². The van der Waals surface area contributed by atoms with E-state index in [1.807, 2.05) is 18.1 Å². The van der Waals surface area contributed by atoms with E-state index in [2.05, 4.69) is 20.3 Å². The maximum atomic E-state index is 12.9. The molecule has 154 valence electrons. The number of rotatable bonds is 3. The molecule has 0 unspecified atom stereocenters. The minimum absolute atomic E-state index is 0. The second-order valence-electron chi connectivity index (χ2n) is 6.45. The first-order chi connectivity index (χ1) is 12.9. The van der Waals surface area contributed by atoms with Crippen molar-refractivity contribution in [2.24, 2.45) is 12.0 Å². The first kappa shape index (κ1) is 22.3. The fourth-order valence-electron chi connectivity index (χ4n) is 3.13. The van der Waals surface area contributed by atoms with Gasteiger partial charge >= 0.3 is 6.18 Å². The average molecular weight is 508 g/mol. The molecule has 0 amide bonds. The predicted octanol–water partition coefficient (Wildman–Crippen LogP) is 2.95. The molecule has 0 radical (unpaired) electrons. The Hall–Kier alpha value is -1.98. The number of halogens is 4. The van der Waals surface area contributed by atoms with Crippen LogP contribution in [-0.4, -0.2) is 53.9 Å². The van der Waals surface area contributed by atoms with Gasteiger partial charge in [-0.25, -0.2) is 0 Å². The molecule has 1 aromatic heterocycles. The van der Waals surface area contributed by atoms with Crippen LogP contribution in [-0.2, 0) is 19.8 Å². The highest BCUT2D eigenvalue weighted by molar-refractivity contribution is 14.0. The number of benzene rings is 1. The Balaban J connectivity index is 0.00000280. The summed E-state index contributed by atoms with van der Waals surface area (Å²) in [6.45, 7) is 3.25. The van der Waals surface area contributed by atoms with E-state index in [9.17, 15) is 13.2 Å². The third-order valence-electron chi connectivity index (χ3n) is 4.54. The fraction of sp³-hybridized carbons (Fsp3) is 0.444. The van der Waals surface area contributed by atoms with Crippen LogP contribution in [0.3, 0.4) is 0 Å². The van der Waals surface area contributed by atoms with Crippen LogP contribution in [0.1, 0.15) is 11.1 Å². The highest BCUT2D eigenvalue weighted by Crippen LogP contribution is 2.31. The van der Waals surface area contributed by atoms with Crippen molar-refractivity contribution in [3.05, 3.63) is 47.8 Å². The molecule has 10 heteroatoms. The summed E-state index contributed by atoms with van der Waals surface area (Å²) in [4.78, 5) is 8.40. The van der Waals surface area contributed by atoms with Gasteiger partial charge in [0.1, 0.15) is 0 Å². The molecule has 1 N–H and O–H groups in total. The molecule has 0 saturated carbocycles. The lowest BCUT2D eigenvalue weighted by Gasteiger charge is -2.37. The van der Waals surface area contributed by atoms with Crippen LogP contribution in [0, 0.1) is 0 Å². The van der Waals surface area contributed by atoms with Crippen molar-refractivity contribution in [1.82, 2.24) is 20.0 Å². The van der Waals surface area contributed by atoms with E-state index < -0.39 is 11.7 Å². The monoisotopic (exact) mass is 508 g/mol. The molecule has 0 aliphatic carbocycles.